The standard InChI is InChI=1S/C15H22O8/c1-2-21-10-4-3-9(5-8(10)6-16)22-15-14(20)13(19)12(18)11(7-17)23-15/h3-5,11-20H,2,6-7H2,1H3. The first-order valence-corrected chi connectivity index (χ1v) is 7.35. The number of ether oxygens (including phenoxy) is 3. The lowest BCUT2D eigenvalue weighted by atomic mass is 9.99. The molecule has 0 spiro atoms. The fraction of sp³-hybridized carbons (Fsp3) is 0.600. The Balaban J connectivity index is 2.14. The van der Waals surface area contributed by atoms with E-state index in [1.165, 1.54) is 6.07 Å². The van der Waals surface area contributed by atoms with Crippen molar-refractivity contribution in [3.05, 3.63) is 23.8 Å². The molecule has 130 valence electrons. The topological polar surface area (TPSA) is 129 Å². The lowest BCUT2D eigenvalue weighted by Crippen LogP contribution is -2.60. The van der Waals surface area contributed by atoms with Crippen LogP contribution in [0.2, 0.25) is 0 Å². The minimum Gasteiger partial charge on any atom is -0.494 e. The predicted molar refractivity (Wildman–Crippen MR) is 77.9 cm³/mol. The molecule has 1 fully saturated rings. The summed E-state index contributed by atoms with van der Waals surface area (Å²) in [7, 11) is 0. The SMILES string of the molecule is CCOc1ccc(OC2OC(CO)C(O)C(O)C2O)cc1CO. The van der Waals surface area contributed by atoms with Crippen molar-refractivity contribution in [3.8, 4) is 11.5 Å². The van der Waals surface area contributed by atoms with Crippen molar-refractivity contribution in [2.75, 3.05) is 13.2 Å². The molecule has 1 aromatic carbocycles. The summed E-state index contributed by atoms with van der Waals surface area (Å²) >= 11 is 0. The fourth-order valence-electron chi connectivity index (χ4n) is 2.35. The van der Waals surface area contributed by atoms with Crippen LogP contribution in [0.3, 0.4) is 0 Å². The molecule has 5 N–H and O–H groups in total. The van der Waals surface area contributed by atoms with Gasteiger partial charge < -0.3 is 39.7 Å². The molecule has 5 unspecified atom stereocenters. The smallest absolute Gasteiger partial charge is 0.229 e. The highest BCUT2D eigenvalue weighted by molar-refractivity contribution is 5.40. The van der Waals surface area contributed by atoms with E-state index >= 15 is 0 Å². The molecule has 2 rings (SSSR count). The molecule has 0 aromatic heterocycles. The van der Waals surface area contributed by atoms with Crippen molar-refractivity contribution < 1.29 is 39.7 Å². The molecule has 0 bridgehead atoms. The fourth-order valence-corrected chi connectivity index (χ4v) is 2.35. The van der Waals surface area contributed by atoms with Gasteiger partial charge in [-0.3, -0.25) is 0 Å². The van der Waals surface area contributed by atoms with Crippen LogP contribution in [0.1, 0.15) is 12.5 Å². The first-order chi connectivity index (χ1) is 11.0. The number of aliphatic hydroxyl groups is 5. The molecule has 0 amide bonds. The summed E-state index contributed by atoms with van der Waals surface area (Å²) in [4.78, 5) is 0. The average Bonchev–Trinajstić information content (AvgIpc) is 2.56. The first-order valence-electron chi connectivity index (χ1n) is 7.35. The normalized spacial score (nSPS) is 31.0. The molecule has 23 heavy (non-hydrogen) atoms. The van der Waals surface area contributed by atoms with Gasteiger partial charge >= 0.3 is 0 Å². The Morgan fingerprint density at radius 2 is 1.83 bits per heavy atom. The lowest BCUT2D eigenvalue weighted by Gasteiger charge is -2.39. The van der Waals surface area contributed by atoms with Crippen LogP contribution in [0, 0.1) is 0 Å². The summed E-state index contributed by atoms with van der Waals surface area (Å²) in [6, 6.07) is 4.69. The monoisotopic (exact) mass is 330 g/mol. The Labute approximate surface area is 133 Å². The van der Waals surface area contributed by atoms with Crippen LogP contribution in [0.5, 0.6) is 11.5 Å². The molecule has 1 aliphatic heterocycles. The van der Waals surface area contributed by atoms with Gasteiger partial charge in [0.15, 0.2) is 0 Å². The number of benzene rings is 1. The maximum Gasteiger partial charge on any atom is 0.229 e. The Morgan fingerprint density at radius 1 is 1.09 bits per heavy atom. The van der Waals surface area contributed by atoms with E-state index in [2.05, 4.69) is 0 Å². The van der Waals surface area contributed by atoms with E-state index in [1.807, 2.05) is 6.92 Å². The average molecular weight is 330 g/mol. The third-order valence-corrected chi connectivity index (χ3v) is 3.60. The Bertz CT molecular complexity index is 506. The van der Waals surface area contributed by atoms with E-state index in [4.69, 9.17) is 19.3 Å². The second-order valence-electron chi connectivity index (χ2n) is 5.18. The Hall–Kier alpha value is -1.42. The highest BCUT2D eigenvalue weighted by Crippen LogP contribution is 2.28. The summed E-state index contributed by atoms with van der Waals surface area (Å²) in [6.07, 6.45) is -6.75. The maximum atomic E-state index is 9.93. The second-order valence-corrected chi connectivity index (χ2v) is 5.18. The summed E-state index contributed by atoms with van der Waals surface area (Å²) in [5.74, 6) is 0.790. The van der Waals surface area contributed by atoms with Gasteiger partial charge in [-0.05, 0) is 25.1 Å². The first kappa shape index (κ1) is 17.9. The highest BCUT2D eigenvalue weighted by atomic mass is 16.7. The van der Waals surface area contributed by atoms with Crippen molar-refractivity contribution in [2.24, 2.45) is 0 Å². The van der Waals surface area contributed by atoms with Gasteiger partial charge in [0.05, 0.1) is 19.8 Å². The van der Waals surface area contributed by atoms with Crippen molar-refractivity contribution in [2.45, 2.75) is 44.2 Å². The molecule has 1 aliphatic rings. The third kappa shape index (κ3) is 3.92. The van der Waals surface area contributed by atoms with Gasteiger partial charge in [0, 0.05) is 5.56 Å². The van der Waals surface area contributed by atoms with E-state index in [-0.39, 0.29) is 12.4 Å². The summed E-state index contributed by atoms with van der Waals surface area (Å²) in [6.45, 7) is 1.47. The number of hydrogen-bond acceptors (Lipinski definition) is 8. The van der Waals surface area contributed by atoms with Gasteiger partial charge in [-0.1, -0.05) is 0 Å². The second kappa shape index (κ2) is 7.91. The van der Waals surface area contributed by atoms with Crippen molar-refractivity contribution >= 4 is 0 Å². The minimum absolute atomic E-state index is 0.263. The van der Waals surface area contributed by atoms with E-state index in [0.717, 1.165) is 0 Å². The van der Waals surface area contributed by atoms with Crippen LogP contribution in [0.4, 0.5) is 0 Å². The largest absolute Gasteiger partial charge is 0.494 e. The highest BCUT2D eigenvalue weighted by Gasteiger charge is 2.44. The third-order valence-electron chi connectivity index (χ3n) is 3.60. The number of aliphatic hydroxyl groups excluding tert-OH is 5. The molecule has 8 nitrogen and oxygen atoms in total. The molecule has 0 aliphatic carbocycles. The molecule has 8 heteroatoms. The van der Waals surface area contributed by atoms with Crippen molar-refractivity contribution in [1.29, 1.82) is 0 Å². The zero-order valence-electron chi connectivity index (χ0n) is 12.7. The van der Waals surface area contributed by atoms with E-state index < -0.39 is 37.3 Å². The van der Waals surface area contributed by atoms with E-state index in [9.17, 15) is 20.4 Å². The van der Waals surface area contributed by atoms with Crippen LogP contribution in [0.15, 0.2) is 18.2 Å². The van der Waals surface area contributed by atoms with Crippen LogP contribution in [-0.2, 0) is 11.3 Å². The van der Waals surface area contributed by atoms with Gasteiger partial charge in [-0.25, -0.2) is 0 Å². The molecular formula is C15H22O8. The van der Waals surface area contributed by atoms with Crippen molar-refractivity contribution in [3.63, 3.8) is 0 Å². The van der Waals surface area contributed by atoms with Gasteiger partial charge in [0.1, 0.15) is 35.9 Å². The number of rotatable bonds is 6. The predicted octanol–water partition coefficient (Wildman–Crippen LogP) is -1.24. The van der Waals surface area contributed by atoms with Crippen molar-refractivity contribution in [1.82, 2.24) is 0 Å². The molecule has 1 saturated heterocycles. The summed E-state index contributed by atoms with van der Waals surface area (Å²) in [5, 5.41) is 47.9. The van der Waals surface area contributed by atoms with Crippen LogP contribution < -0.4 is 9.47 Å². The zero-order chi connectivity index (χ0) is 17.0. The molecule has 1 aromatic rings. The molecule has 5 atom stereocenters. The Kier molecular flexibility index (Phi) is 6.17. The van der Waals surface area contributed by atoms with Crippen LogP contribution in [-0.4, -0.2) is 69.5 Å². The van der Waals surface area contributed by atoms with Crippen LogP contribution in [0.25, 0.3) is 0 Å². The van der Waals surface area contributed by atoms with Gasteiger partial charge in [0.25, 0.3) is 0 Å². The zero-order valence-corrected chi connectivity index (χ0v) is 12.7. The molecule has 0 saturated carbocycles. The molecule has 1 heterocycles. The van der Waals surface area contributed by atoms with Gasteiger partial charge in [0.2, 0.25) is 6.29 Å². The Morgan fingerprint density at radius 3 is 2.43 bits per heavy atom. The van der Waals surface area contributed by atoms with E-state index in [1.54, 1.807) is 12.1 Å². The van der Waals surface area contributed by atoms with Gasteiger partial charge in [-0.2, -0.15) is 0 Å². The molecular weight excluding hydrogens is 308 g/mol. The van der Waals surface area contributed by atoms with Gasteiger partial charge in [-0.15, -0.1) is 0 Å². The maximum absolute atomic E-state index is 9.93. The molecule has 0 radical (unpaired) electrons. The quantitative estimate of drug-likeness (QED) is 0.438. The lowest BCUT2D eigenvalue weighted by molar-refractivity contribution is -0.277. The number of hydrogen-bond donors (Lipinski definition) is 5. The minimum atomic E-state index is -1.51. The van der Waals surface area contributed by atoms with Crippen LogP contribution >= 0.6 is 0 Å². The van der Waals surface area contributed by atoms with E-state index in [0.29, 0.717) is 17.9 Å². The summed E-state index contributed by atoms with van der Waals surface area (Å²) < 4.78 is 16.1. The summed E-state index contributed by atoms with van der Waals surface area (Å²) in [5.41, 5.74) is 0.494.